The van der Waals surface area contributed by atoms with Gasteiger partial charge in [0.05, 0.1) is 0 Å². The molecule has 1 aromatic carbocycles. The van der Waals surface area contributed by atoms with Crippen molar-refractivity contribution in [2.24, 2.45) is 5.73 Å². The molecule has 0 aliphatic carbocycles. The number of nitrogens with zero attached hydrogens (tertiary/aromatic N) is 4. The minimum atomic E-state index is -1.04. The average molecular weight is 390 g/mol. The molecule has 126 valence electrons. The number of nitrogens with two attached hydrogens (primary N) is 1. The fraction of sp³-hybridized carbons (Fsp3) is 0.353. The number of halogens is 1. The second-order valence-corrected chi connectivity index (χ2v) is 6.95. The molecule has 2 heterocycles. The molecule has 1 fully saturated rings. The van der Waals surface area contributed by atoms with Crippen molar-refractivity contribution in [1.29, 1.82) is 0 Å². The van der Waals surface area contributed by atoms with E-state index in [4.69, 9.17) is 5.73 Å². The van der Waals surface area contributed by atoms with Gasteiger partial charge in [-0.2, -0.15) is 0 Å². The highest BCUT2D eigenvalue weighted by molar-refractivity contribution is 9.10. The molecule has 2 N–H and O–H groups in total. The first-order valence-electron chi connectivity index (χ1n) is 7.85. The van der Waals surface area contributed by atoms with Crippen LogP contribution >= 0.6 is 15.9 Å². The van der Waals surface area contributed by atoms with E-state index in [2.05, 4.69) is 30.8 Å². The van der Waals surface area contributed by atoms with Crippen molar-refractivity contribution in [2.75, 3.05) is 31.1 Å². The summed E-state index contributed by atoms with van der Waals surface area (Å²) in [6.07, 6.45) is 3.45. The van der Waals surface area contributed by atoms with Crippen LogP contribution in [0.1, 0.15) is 12.5 Å². The Labute approximate surface area is 149 Å². The molecule has 1 unspecified atom stereocenters. The number of hydrogen-bond donors (Lipinski definition) is 1. The molecule has 1 atom stereocenters. The number of aromatic nitrogens is 2. The van der Waals surface area contributed by atoms with E-state index >= 15 is 0 Å². The van der Waals surface area contributed by atoms with E-state index in [1.807, 2.05) is 29.2 Å². The lowest BCUT2D eigenvalue weighted by atomic mass is 9.91. The van der Waals surface area contributed by atoms with Gasteiger partial charge in [0.2, 0.25) is 11.9 Å². The number of piperazine rings is 1. The maximum Gasteiger partial charge on any atom is 0.247 e. The van der Waals surface area contributed by atoms with E-state index in [1.165, 1.54) is 0 Å². The minimum absolute atomic E-state index is 0.0570. The number of rotatable bonds is 3. The normalized spacial score (nSPS) is 17.5. The van der Waals surface area contributed by atoms with E-state index in [9.17, 15) is 4.79 Å². The molecule has 2 aromatic rings. The first kappa shape index (κ1) is 16.9. The van der Waals surface area contributed by atoms with Gasteiger partial charge in [-0.15, -0.1) is 0 Å². The van der Waals surface area contributed by atoms with Crippen molar-refractivity contribution in [2.45, 2.75) is 12.5 Å². The summed E-state index contributed by atoms with van der Waals surface area (Å²) in [5.41, 5.74) is 6.14. The molecule has 1 aromatic heterocycles. The predicted octanol–water partition coefficient (Wildman–Crippen LogP) is 1.76. The van der Waals surface area contributed by atoms with Gasteiger partial charge in [0, 0.05) is 43.0 Å². The Balaban J connectivity index is 1.67. The molecule has 1 aliphatic rings. The van der Waals surface area contributed by atoms with E-state index in [0.29, 0.717) is 32.1 Å². The largest absolute Gasteiger partial charge is 0.337 e. The van der Waals surface area contributed by atoms with Crippen LogP contribution in [0.4, 0.5) is 5.95 Å². The number of amides is 1. The maximum atomic E-state index is 12.9. The summed E-state index contributed by atoms with van der Waals surface area (Å²) < 4.78 is 0.964. The van der Waals surface area contributed by atoms with Crippen LogP contribution in [0.15, 0.2) is 47.2 Å². The Bertz CT molecular complexity index is 697. The van der Waals surface area contributed by atoms with Gasteiger partial charge in [-0.3, -0.25) is 4.79 Å². The molecule has 0 bridgehead atoms. The highest BCUT2D eigenvalue weighted by atomic mass is 79.9. The van der Waals surface area contributed by atoms with Crippen molar-refractivity contribution in [3.8, 4) is 0 Å². The zero-order valence-corrected chi connectivity index (χ0v) is 15.1. The van der Waals surface area contributed by atoms with Crippen LogP contribution in [0.25, 0.3) is 0 Å². The number of carbonyl (C=O) groups is 1. The van der Waals surface area contributed by atoms with Crippen LogP contribution in [0, 0.1) is 0 Å². The molecule has 0 saturated carbocycles. The second kappa shape index (κ2) is 6.86. The third-order valence-electron chi connectivity index (χ3n) is 4.29. The fourth-order valence-corrected chi connectivity index (χ4v) is 3.08. The molecule has 7 heteroatoms. The fourth-order valence-electron chi connectivity index (χ4n) is 2.81. The van der Waals surface area contributed by atoms with Crippen molar-refractivity contribution in [3.63, 3.8) is 0 Å². The highest BCUT2D eigenvalue weighted by Gasteiger charge is 2.36. The van der Waals surface area contributed by atoms with Gasteiger partial charge in [0.1, 0.15) is 5.54 Å². The monoisotopic (exact) mass is 389 g/mol. The molecule has 1 amide bonds. The highest BCUT2D eigenvalue weighted by Crippen LogP contribution is 2.23. The number of anilines is 1. The first-order chi connectivity index (χ1) is 11.5. The molecular weight excluding hydrogens is 370 g/mol. The van der Waals surface area contributed by atoms with Crippen LogP contribution in [0.5, 0.6) is 0 Å². The average Bonchev–Trinajstić information content (AvgIpc) is 2.62. The van der Waals surface area contributed by atoms with E-state index in [1.54, 1.807) is 25.4 Å². The van der Waals surface area contributed by atoms with Crippen LogP contribution in [-0.4, -0.2) is 47.0 Å². The van der Waals surface area contributed by atoms with Gasteiger partial charge in [-0.05, 0) is 30.7 Å². The Kier molecular flexibility index (Phi) is 4.82. The van der Waals surface area contributed by atoms with Crippen molar-refractivity contribution < 1.29 is 4.79 Å². The van der Waals surface area contributed by atoms with Gasteiger partial charge >= 0.3 is 0 Å². The maximum absolute atomic E-state index is 12.9. The Morgan fingerprint density at radius 1 is 1.12 bits per heavy atom. The molecule has 6 nitrogen and oxygen atoms in total. The lowest BCUT2D eigenvalue weighted by Gasteiger charge is -2.38. The van der Waals surface area contributed by atoms with Gasteiger partial charge in [0.25, 0.3) is 0 Å². The Hall–Kier alpha value is -1.99. The topological polar surface area (TPSA) is 75.4 Å². The molecule has 3 rings (SSSR count). The standard InChI is InChI=1S/C17H20BrN5O/c1-17(19,13-3-5-14(18)6-4-13)15(24)22-9-11-23(12-10-22)16-20-7-2-8-21-16/h2-8H,9-12,19H2,1H3. The molecule has 0 spiro atoms. The van der Waals surface area contributed by atoms with Gasteiger partial charge in [-0.25, -0.2) is 9.97 Å². The third kappa shape index (κ3) is 3.42. The number of benzene rings is 1. The molecular formula is C17H20BrN5O. The van der Waals surface area contributed by atoms with Gasteiger partial charge in [-0.1, -0.05) is 28.1 Å². The summed E-state index contributed by atoms with van der Waals surface area (Å²) in [5, 5.41) is 0. The smallest absolute Gasteiger partial charge is 0.247 e. The SMILES string of the molecule is CC(N)(C(=O)N1CCN(c2ncccn2)CC1)c1ccc(Br)cc1. The predicted molar refractivity (Wildman–Crippen MR) is 96.5 cm³/mol. The van der Waals surface area contributed by atoms with Crippen LogP contribution in [0.3, 0.4) is 0 Å². The van der Waals surface area contributed by atoms with Crippen molar-refractivity contribution in [1.82, 2.24) is 14.9 Å². The molecule has 1 saturated heterocycles. The quantitative estimate of drug-likeness (QED) is 0.865. The first-order valence-corrected chi connectivity index (χ1v) is 8.64. The number of hydrogen-bond acceptors (Lipinski definition) is 5. The summed E-state index contributed by atoms with van der Waals surface area (Å²) in [6, 6.07) is 9.37. The van der Waals surface area contributed by atoms with Crippen molar-refractivity contribution >= 4 is 27.8 Å². The van der Waals surface area contributed by atoms with Crippen LogP contribution in [0.2, 0.25) is 0 Å². The number of carbonyl (C=O) groups excluding carboxylic acids is 1. The van der Waals surface area contributed by atoms with E-state index in [0.717, 1.165) is 10.0 Å². The summed E-state index contributed by atoms with van der Waals surface area (Å²) in [6.45, 7) is 4.39. The molecule has 24 heavy (non-hydrogen) atoms. The van der Waals surface area contributed by atoms with Gasteiger partial charge in [0.15, 0.2) is 0 Å². The van der Waals surface area contributed by atoms with Crippen LogP contribution in [-0.2, 0) is 10.3 Å². The Morgan fingerprint density at radius 3 is 2.29 bits per heavy atom. The summed E-state index contributed by atoms with van der Waals surface area (Å²) in [5.74, 6) is 0.645. The second-order valence-electron chi connectivity index (χ2n) is 6.04. The lowest BCUT2D eigenvalue weighted by Crippen LogP contribution is -2.57. The molecule has 0 radical (unpaired) electrons. The van der Waals surface area contributed by atoms with Gasteiger partial charge < -0.3 is 15.5 Å². The summed E-state index contributed by atoms with van der Waals surface area (Å²) >= 11 is 3.40. The minimum Gasteiger partial charge on any atom is -0.337 e. The zero-order valence-electron chi connectivity index (χ0n) is 13.5. The van der Waals surface area contributed by atoms with E-state index in [-0.39, 0.29) is 5.91 Å². The van der Waals surface area contributed by atoms with E-state index < -0.39 is 5.54 Å². The summed E-state index contributed by atoms with van der Waals surface area (Å²) in [7, 11) is 0. The lowest BCUT2D eigenvalue weighted by molar-refractivity contribution is -0.137. The Morgan fingerprint density at radius 2 is 1.71 bits per heavy atom. The third-order valence-corrected chi connectivity index (χ3v) is 4.82. The van der Waals surface area contributed by atoms with Crippen molar-refractivity contribution in [3.05, 3.63) is 52.8 Å². The molecule has 1 aliphatic heterocycles. The van der Waals surface area contributed by atoms with Crippen LogP contribution < -0.4 is 10.6 Å². The summed E-state index contributed by atoms with van der Waals surface area (Å²) in [4.78, 5) is 25.3. The zero-order chi connectivity index (χ0) is 17.2.